The van der Waals surface area contributed by atoms with E-state index in [0.717, 1.165) is 24.0 Å². The Morgan fingerprint density at radius 1 is 0.364 bits per heavy atom. The van der Waals surface area contributed by atoms with Gasteiger partial charge in [-0.3, -0.25) is 0 Å². The van der Waals surface area contributed by atoms with Crippen molar-refractivity contribution in [2.45, 2.75) is 209 Å². The van der Waals surface area contributed by atoms with E-state index in [4.69, 9.17) is 10.2 Å². The average Bonchev–Trinajstić information content (AvgIpc) is 2.97. The number of aliphatic hydroxyl groups excluding tert-OH is 6. The molecule has 0 aromatic heterocycles. The summed E-state index contributed by atoms with van der Waals surface area (Å²) in [5.74, 6) is -1.46. The second-order valence-corrected chi connectivity index (χ2v) is 30.5. The molecule has 2 atom stereocenters. The lowest BCUT2D eigenvalue weighted by Crippen LogP contribution is -2.29. The molecule has 2 unspecified atom stereocenters. The van der Waals surface area contributed by atoms with E-state index >= 15 is 0 Å². The van der Waals surface area contributed by atoms with Crippen LogP contribution in [0, 0.1) is 41.5 Å². The number of aliphatic hydroxyl groups is 6. The standard InChI is InChI=1S/2C14H22O4S.2C12H18O.2C11H16O/c1-4-11-5-7-12(8-6-11)14(2,3)9-13(15)10-19(16,17)18;1-4-11-6-5-7-12(8-11)14(2,3)9-13(15)10-19(16,17)18;1-9-5-10(2)7-11(6-9)12(3,4)8-13;1-9-5-6-11(10(2)7-9)12(3,4)8-13;1-9-4-6-10(7-5-9)11(2,3)8-12;1-9-5-4-6-10(7-9)11(2,3)8-12/h2*5-8,13,15H,4,9-10H2,1-3H3,(H,16,17,18);2*5-7,13H,8H2,1-4H3;2*4-7,12H,8H2,1-3H3/p-2. The van der Waals surface area contributed by atoms with Crippen molar-refractivity contribution in [3.63, 3.8) is 0 Å². The van der Waals surface area contributed by atoms with E-state index in [-0.39, 0.29) is 71.8 Å². The van der Waals surface area contributed by atoms with Crippen LogP contribution in [0.2, 0.25) is 0 Å². The maximum Gasteiger partial charge on any atom is 0.0971 e. The molecule has 14 heteroatoms. The van der Waals surface area contributed by atoms with Crippen molar-refractivity contribution in [2.24, 2.45) is 0 Å². The first kappa shape index (κ1) is 80.9. The number of hydrogen-bond acceptors (Lipinski definition) is 12. The van der Waals surface area contributed by atoms with Crippen molar-refractivity contribution in [3.8, 4) is 0 Å². The highest BCUT2D eigenvalue weighted by atomic mass is 32.2. The Balaban J connectivity index is 0.000000534. The first-order chi connectivity index (χ1) is 40.3. The summed E-state index contributed by atoms with van der Waals surface area (Å²) >= 11 is 0. The molecule has 6 N–H and O–H groups in total. The number of hydrogen-bond donors (Lipinski definition) is 6. The van der Waals surface area contributed by atoms with Gasteiger partial charge in [-0.2, -0.15) is 0 Å². The average molecular weight is 1260 g/mol. The van der Waals surface area contributed by atoms with Gasteiger partial charge >= 0.3 is 0 Å². The summed E-state index contributed by atoms with van der Waals surface area (Å²) in [4.78, 5) is 0. The molecule has 0 fully saturated rings. The highest BCUT2D eigenvalue weighted by Gasteiger charge is 2.28. The van der Waals surface area contributed by atoms with Gasteiger partial charge in [-0.05, 0) is 128 Å². The van der Waals surface area contributed by atoms with Crippen LogP contribution in [-0.4, -0.2) is 107 Å². The zero-order valence-corrected chi connectivity index (χ0v) is 58.5. The van der Waals surface area contributed by atoms with E-state index in [1.165, 1.54) is 66.8 Å². The fourth-order valence-electron chi connectivity index (χ4n) is 9.77. The molecular weight excluding hydrogens is 1140 g/mol. The van der Waals surface area contributed by atoms with E-state index < -0.39 is 43.9 Å². The normalized spacial score (nSPS) is 12.9. The molecule has 0 saturated heterocycles. The molecule has 6 aromatic rings. The van der Waals surface area contributed by atoms with Gasteiger partial charge in [0.2, 0.25) is 0 Å². The second-order valence-electron chi connectivity index (χ2n) is 27.6. The summed E-state index contributed by atoms with van der Waals surface area (Å²) in [5.41, 5.74) is 15.6. The Morgan fingerprint density at radius 2 is 0.716 bits per heavy atom. The summed E-state index contributed by atoms with van der Waals surface area (Å²) in [6, 6.07) is 45.4. The van der Waals surface area contributed by atoms with Crippen LogP contribution < -0.4 is 0 Å². The van der Waals surface area contributed by atoms with Gasteiger partial charge in [0, 0.05) is 21.7 Å². The molecule has 0 aliphatic rings. The number of rotatable bonds is 20. The molecule has 0 aliphatic heterocycles. The van der Waals surface area contributed by atoms with Crippen LogP contribution in [0.4, 0.5) is 0 Å². The Hall–Kier alpha value is -5.10. The SMILES string of the molecule is CCc1ccc(C(C)(C)CC(O)CS(=O)(=O)[O-])cc1.CCc1cccc(C(C)(C)CC(O)CS(=O)(=O)[O-])c1.Cc1cc(C)cc(C(C)(C)CO)c1.Cc1ccc(C(C)(C)CO)c(C)c1.Cc1ccc(C(C)(C)CO)cc1.Cc1cccc(C(C)(C)CO)c1. The molecule has 492 valence electrons. The minimum atomic E-state index is -4.39. The van der Waals surface area contributed by atoms with E-state index in [2.05, 4.69) is 168 Å². The maximum absolute atomic E-state index is 10.6. The molecule has 12 nitrogen and oxygen atoms in total. The van der Waals surface area contributed by atoms with Crippen molar-refractivity contribution < 1.29 is 56.6 Å². The van der Waals surface area contributed by atoms with Crippen LogP contribution >= 0.6 is 0 Å². The van der Waals surface area contributed by atoms with Gasteiger partial charge in [0.05, 0.1) is 70.4 Å². The molecule has 0 radical (unpaired) electrons. The van der Waals surface area contributed by atoms with Crippen LogP contribution in [0.1, 0.15) is 188 Å². The molecule has 6 aromatic carbocycles. The lowest BCUT2D eigenvalue weighted by Gasteiger charge is -2.29. The molecular formula is C74H110O12S2-2. The third kappa shape index (κ3) is 29.7. The van der Waals surface area contributed by atoms with Crippen molar-refractivity contribution in [2.75, 3.05) is 37.9 Å². The summed E-state index contributed by atoms with van der Waals surface area (Å²) in [5, 5.41) is 56.2. The first-order valence-electron chi connectivity index (χ1n) is 30.5. The van der Waals surface area contributed by atoms with Gasteiger partial charge in [0.1, 0.15) is 0 Å². The van der Waals surface area contributed by atoms with Crippen LogP contribution in [0.15, 0.2) is 133 Å². The quantitative estimate of drug-likeness (QED) is 0.0392. The summed E-state index contributed by atoms with van der Waals surface area (Å²) < 4.78 is 63.8. The first-order valence-corrected chi connectivity index (χ1v) is 33.6. The van der Waals surface area contributed by atoms with Gasteiger partial charge in [0.15, 0.2) is 0 Å². The highest BCUT2D eigenvalue weighted by Crippen LogP contribution is 2.32. The molecule has 0 aliphatic carbocycles. The molecule has 0 spiro atoms. The van der Waals surface area contributed by atoms with Crippen molar-refractivity contribution in [1.29, 1.82) is 0 Å². The summed E-state index contributed by atoms with van der Waals surface area (Å²) in [7, 11) is -8.78. The van der Waals surface area contributed by atoms with Gasteiger partial charge in [-0.15, -0.1) is 0 Å². The minimum absolute atomic E-state index is 0.117. The molecule has 0 bridgehead atoms. The summed E-state index contributed by atoms with van der Waals surface area (Å²) in [6.07, 6.45) is 0.0759. The predicted molar refractivity (Wildman–Crippen MR) is 363 cm³/mol. The zero-order valence-electron chi connectivity index (χ0n) is 56.9. The number of aryl methyl sites for hydroxylation is 8. The molecule has 88 heavy (non-hydrogen) atoms. The lowest BCUT2D eigenvalue weighted by atomic mass is 9.79. The maximum atomic E-state index is 10.6. The predicted octanol–water partition coefficient (Wildman–Crippen LogP) is 13.3. The van der Waals surface area contributed by atoms with Gasteiger partial charge in [-0.1, -0.05) is 258 Å². The van der Waals surface area contributed by atoms with Gasteiger partial charge < -0.3 is 39.7 Å². The van der Waals surface area contributed by atoms with Gasteiger partial charge in [0.25, 0.3) is 0 Å². The Bertz CT molecular complexity index is 3230. The Kier molecular flexibility index (Phi) is 32.6. The minimum Gasteiger partial charge on any atom is -0.748 e. The third-order valence-electron chi connectivity index (χ3n) is 15.9. The summed E-state index contributed by atoms with van der Waals surface area (Å²) in [6.45, 7) is 41.5. The van der Waals surface area contributed by atoms with Crippen molar-refractivity contribution >= 4 is 20.2 Å². The molecule has 0 amide bonds. The fraction of sp³-hybridized carbons (Fsp3) is 0.514. The van der Waals surface area contributed by atoms with Crippen molar-refractivity contribution in [3.05, 3.63) is 211 Å². The van der Waals surface area contributed by atoms with E-state index in [9.17, 15) is 46.4 Å². The van der Waals surface area contributed by atoms with E-state index in [0.29, 0.717) is 0 Å². The smallest absolute Gasteiger partial charge is 0.0971 e. The topological polar surface area (TPSA) is 236 Å². The van der Waals surface area contributed by atoms with Crippen LogP contribution in [-0.2, 0) is 65.6 Å². The Labute approximate surface area is 532 Å². The monoisotopic (exact) mass is 1250 g/mol. The van der Waals surface area contributed by atoms with Crippen LogP contribution in [0.5, 0.6) is 0 Å². The highest BCUT2D eigenvalue weighted by molar-refractivity contribution is 7.86. The molecule has 0 saturated carbocycles. The molecule has 6 rings (SSSR count). The van der Waals surface area contributed by atoms with Crippen LogP contribution in [0.3, 0.4) is 0 Å². The van der Waals surface area contributed by atoms with E-state index in [1.54, 1.807) is 0 Å². The third-order valence-corrected chi connectivity index (χ3v) is 17.5. The fourth-order valence-corrected chi connectivity index (χ4v) is 11.0. The zero-order chi connectivity index (χ0) is 67.9. The van der Waals surface area contributed by atoms with Crippen molar-refractivity contribution in [1.82, 2.24) is 0 Å². The van der Waals surface area contributed by atoms with E-state index in [1.807, 2.05) is 104 Å². The molecule has 0 heterocycles. The number of benzene rings is 6. The second kappa shape index (κ2) is 35.5. The van der Waals surface area contributed by atoms with Gasteiger partial charge in [-0.25, -0.2) is 16.8 Å². The Morgan fingerprint density at radius 3 is 1.12 bits per heavy atom. The largest absolute Gasteiger partial charge is 0.748 e. The van der Waals surface area contributed by atoms with Crippen LogP contribution in [0.25, 0.3) is 0 Å². The lowest BCUT2D eigenvalue weighted by molar-refractivity contribution is 0.156.